The summed E-state index contributed by atoms with van der Waals surface area (Å²) >= 11 is 1.38. The van der Waals surface area contributed by atoms with Crippen LogP contribution in [0.25, 0.3) is 0 Å². The number of Topliss-reactive ketones (excluding diaryl/α,β-unsaturated/α-hetero) is 1. The number of thioether (sulfide) groups is 1. The third kappa shape index (κ3) is 6.50. The first-order valence-corrected chi connectivity index (χ1v) is 8.07. The second-order valence-corrected chi connectivity index (χ2v) is 5.86. The number of piperidine rings is 1. The average molecular weight is 329 g/mol. The zero-order chi connectivity index (χ0) is 14.2. The summed E-state index contributed by atoms with van der Waals surface area (Å²) in [7, 11) is 0. The Morgan fingerprint density at radius 3 is 2.48 bits per heavy atom. The molecule has 4 nitrogen and oxygen atoms in total. The van der Waals surface area contributed by atoms with Crippen molar-refractivity contribution in [2.75, 3.05) is 24.6 Å². The van der Waals surface area contributed by atoms with Crippen molar-refractivity contribution in [3.05, 3.63) is 35.9 Å². The number of halogens is 1. The Morgan fingerprint density at radius 2 is 1.81 bits per heavy atom. The third-order valence-electron chi connectivity index (χ3n) is 3.27. The molecule has 6 heteroatoms. The number of carbonyl (C=O) groups excluding carboxylic acids is 2. The predicted octanol–water partition coefficient (Wildman–Crippen LogP) is 1.89. The van der Waals surface area contributed by atoms with Crippen LogP contribution >= 0.6 is 24.2 Å². The SMILES string of the molecule is Cl.O=C(CSCC(=O)c1ccccc1)NC1CCNCC1. The Morgan fingerprint density at radius 1 is 1.14 bits per heavy atom. The van der Waals surface area contributed by atoms with Gasteiger partial charge in [-0.15, -0.1) is 24.2 Å². The zero-order valence-corrected chi connectivity index (χ0v) is 13.5. The molecule has 2 N–H and O–H groups in total. The van der Waals surface area contributed by atoms with Crippen LogP contribution in [-0.2, 0) is 4.79 Å². The first kappa shape index (κ1) is 18.0. The summed E-state index contributed by atoms with van der Waals surface area (Å²) in [6.07, 6.45) is 1.97. The number of nitrogens with one attached hydrogen (secondary N) is 2. The van der Waals surface area contributed by atoms with E-state index in [0.717, 1.165) is 25.9 Å². The summed E-state index contributed by atoms with van der Waals surface area (Å²) in [4.78, 5) is 23.6. The first-order chi connectivity index (χ1) is 9.75. The van der Waals surface area contributed by atoms with Crippen LogP contribution in [0.15, 0.2) is 30.3 Å². The van der Waals surface area contributed by atoms with Crippen molar-refractivity contribution in [1.29, 1.82) is 0 Å². The highest BCUT2D eigenvalue weighted by molar-refractivity contribution is 8.00. The third-order valence-corrected chi connectivity index (χ3v) is 4.20. The lowest BCUT2D eigenvalue weighted by molar-refractivity contribution is -0.119. The molecular formula is C15H21ClN2O2S. The van der Waals surface area contributed by atoms with Crippen LogP contribution in [0, 0.1) is 0 Å². The van der Waals surface area contributed by atoms with E-state index in [1.54, 1.807) is 12.1 Å². The van der Waals surface area contributed by atoms with Gasteiger partial charge < -0.3 is 10.6 Å². The normalized spacial score (nSPS) is 15.0. The highest BCUT2D eigenvalue weighted by Gasteiger charge is 2.15. The van der Waals surface area contributed by atoms with Gasteiger partial charge in [-0.25, -0.2) is 0 Å². The zero-order valence-electron chi connectivity index (χ0n) is 11.8. The van der Waals surface area contributed by atoms with Crippen molar-refractivity contribution < 1.29 is 9.59 Å². The number of benzene rings is 1. The van der Waals surface area contributed by atoms with Crippen LogP contribution in [0.2, 0.25) is 0 Å². The molecule has 1 amide bonds. The summed E-state index contributed by atoms with van der Waals surface area (Å²) in [6.45, 7) is 1.93. The quantitative estimate of drug-likeness (QED) is 0.783. The maximum atomic E-state index is 11.9. The van der Waals surface area contributed by atoms with Crippen LogP contribution in [-0.4, -0.2) is 42.3 Å². The van der Waals surface area contributed by atoms with E-state index in [9.17, 15) is 9.59 Å². The van der Waals surface area contributed by atoms with E-state index in [4.69, 9.17) is 0 Å². The first-order valence-electron chi connectivity index (χ1n) is 6.92. The number of amides is 1. The lowest BCUT2D eigenvalue weighted by Crippen LogP contribution is -2.43. The molecule has 2 rings (SSSR count). The van der Waals surface area contributed by atoms with Gasteiger partial charge in [0, 0.05) is 11.6 Å². The molecular weight excluding hydrogens is 308 g/mol. The Balaban J connectivity index is 0.00000220. The van der Waals surface area contributed by atoms with Crippen LogP contribution in [0.3, 0.4) is 0 Å². The lowest BCUT2D eigenvalue weighted by Gasteiger charge is -2.23. The molecule has 0 spiro atoms. The number of hydrogen-bond acceptors (Lipinski definition) is 4. The molecule has 21 heavy (non-hydrogen) atoms. The molecule has 1 aromatic carbocycles. The average Bonchev–Trinajstić information content (AvgIpc) is 2.49. The van der Waals surface area contributed by atoms with Crippen molar-refractivity contribution >= 4 is 35.9 Å². The van der Waals surface area contributed by atoms with E-state index in [1.807, 2.05) is 18.2 Å². The van der Waals surface area contributed by atoms with Crippen molar-refractivity contribution in [3.8, 4) is 0 Å². The number of hydrogen-bond donors (Lipinski definition) is 2. The Labute approximate surface area is 135 Å². The van der Waals surface area contributed by atoms with Gasteiger partial charge in [0.15, 0.2) is 5.78 Å². The fourth-order valence-corrected chi connectivity index (χ4v) is 2.90. The maximum Gasteiger partial charge on any atom is 0.230 e. The number of carbonyl (C=O) groups is 2. The van der Waals surface area contributed by atoms with Gasteiger partial charge in [0.2, 0.25) is 5.91 Å². The second kappa shape index (κ2) is 9.82. The molecule has 0 unspecified atom stereocenters. The molecule has 0 atom stereocenters. The molecule has 1 heterocycles. The second-order valence-electron chi connectivity index (χ2n) is 4.87. The Kier molecular flexibility index (Phi) is 8.42. The van der Waals surface area contributed by atoms with E-state index in [-0.39, 0.29) is 30.1 Å². The van der Waals surface area contributed by atoms with E-state index in [1.165, 1.54) is 11.8 Å². The van der Waals surface area contributed by atoms with E-state index in [2.05, 4.69) is 10.6 Å². The molecule has 1 aromatic rings. The summed E-state index contributed by atoms with van der Waals surface area (Å²) in [6, 6.07) is 9.48. The van der Waals surface area contributed by atoms with Gasteiger partial charge in [0.1, 0.15) is 0 Å². The minimum absolute atomic E-state index is 0. The predicted molar refractivity (Wildman–Crippen MR) is 89.4 cm³/mol. The maximum absolute atomic E-state index is 11.9. The Bertz CT molecular complexity index is 450. The van der Waals surface area contributed by atoms with Gasteiger partial charge in [0.25, 0.3) is 0 Å². The van der Waals surface area contributed by atoms with E-state index < -0.39 is 0 Å². The van der Waals surface area contributed by atoms with E-state index in [0.29, 0.717) is 17.1 Å². The largest absolute Gasteiger partial charge is 0.353 e. The van der Waals surface area contributed by atoms with Crippen LogP contribution < -0.4 is 10.6 Å². The molecule has 0 aromatic heterocycles. The van der Waals surface area contributed by atoms with Crippen molar-refractivity contribution in [1.82, 2.24) is 10.6 Å². The molecule has 116 valence electrons. The van der Waals surface area contributed by atoms with E-state index >= 15 is 0 Å². The number of rotatable bonds is 6. The van der Waals surface area contributed by atoms with Crippen LogP contribution in [0.4, 0.5) is 0 Å². The minimum atomic E-state index is 0. The fraction of sp³-hybridized carbons (Fsp3) is 0.467. The summed E-state index contributed by atoms with van der Waals surface area (Å²) in [5, 5.41) is 6.28. The van der Waals surface area contributed by atoms with Gasteiger partial charge in [0.05, 0.1) is 11.5 Å². The smallest absolute Gasteiger partial charge is 0.230 e. The lowest BCUT2D eigenvalue weighted by atomic mass is 10.1. The van der Waals surface area contributed by atoms with Gasteiger partial charge in [-0.1, -0.05) is 30.3 Å². The molecule has 0 saturated carbocycles. The van der Waals surface area contributed by atoms with Crippen molar-refractivity contribution in [2.45, 2.75) is 18.9 Å². The highest BCUT2D eigenvalue weighted by atomic mass is 35.5. The van der Waals surface area contributed by atoms with Crippen LogP contribution in [0.1, 0.15) is 23.2 Å². The monoisotopic (exact) mass is 328 g/mol. The molecule has 0 radical (unpaired) electrons. The van der Waals surface area contributed by atoms with Crippen molar-refractivity contribution in [2.24, 2.45) is 0 Å². The summed E-state index contributed by atoms with van der Waals surface area (Å²) in [5.74, 6) is 0.805. The van der Waals surface area contributed by atoms with Crippen molar-refractivity contribution in [3.63, 3.8) is 0 Å². The molecule has 0 aliphatic carbocycles. The van der Waals surface area contributed by atoms with Gasteiger partial charge in [-0.2, -0.15) is 0 Å². The molecule has 0 bridgehead atoms. The topological polar surface area (TPSA) is 58.2 Å². The van der Waals surface area contributed by atoms with Crippen LogP contribution in [0.5, 0.6) is 0 Å². The van der Waals surface area contributed by atoms with Gasteiger partial charge in [-0.05, 0) is 25.9 Å². The Hall–Kier alpha value is -1.04. The van der Waals surface area contributed by atoms with Gasteiger partial charge >= 0.3 is 0 Å². The van der Waals surface area contributed by atoms with Gasteiger partial charge in [-0.3, -0.25) is 9.59 Å². The number of ketones is 1. The standard InChI is InChI=1S/C15H20N2O2S.ClH/c18-14(12-4-2-1-3-5-12)10-20-11-15(19)17-13-6-8-16-9-7-13;/h1-5,13,16H,6-11H2,(H,17,19);1H. The molecule has 1 aliphatic heterocycles. The minimum Gasteiger partial charge on any atom is -0.353 e. The molecule has 1 aliphatic rings. The summed E-state index contributed by atoms with van der Waals surface area (Å²) < 4.78 is 0. The highest BCUT2D eigenvalue weighted by Crippen LogP contribution is 2.08. The molecule has 1 fully saturated rings. The summed E-state index contributed by atoms with van der Waals surface area (Å²) in [5.41, 5.74) is 0.707. The molecule has 1 saturated heterocycles. The fourth-order valence-electron chi connectivity index (χ4n) is 2.18.